The van der Waals surface area contributed by atoms with E-state index in [4.69, 9.17) is 4.42 Å². The Morgan fingerprint density at radius 3 is 2.80 bits per heavy atom. The first kappa shape index (κ1) is 8.77. The molecule has 0 radical (unpaired) electrons. The average molecular weight is 203 g/mol. The van der Waals surface area contributed by atoms with Crippen LogP contribution in [0.1, 0.15) is 18.4 Å². The summed E-state index contributed by atoms with van der Waals surface area (Å²) in [6.45, 7) is 2.06. The largest absolute Gasteiger partial charge is 0.472 e. The summed E-state index contributed by atoms with van der Waals surface area (Å²) in [5.74, 6) is 0.585. The molecule has 3 fully saturated rings. The third kappa shape index (κ3) is 1.39. The highest BCUT2D eigenvalue weighted by Gasteiger charge is 2.36. The van der Waals surface area contributed by atoms with Gasteiger partial charge in [-0.25, -0.2) is 0 Å². The van der Waals surface area contributed by atoms with Gasteiger partial charge in [0.05, 0.1) is 18.2 Å². The van der Waals surface area contributed by atoms with Crippen molar-refractivity contribution < 1.29 is 9.21 Å². The van der Waals surface area contributed by atoms with Gasteiger partial charge in [-0.1, -0.05) is 0 Å². The number of nitrogens with zero attached hydrogens (tertiary/aromatic N) is 1. The van der Waals surface area contributed by atoms with Gasteiger partial charge in [0.2, 0.25) is 0 Å². The van der Waals surface area contributed by atoms with Gasteiger partial charge < -0.3 is 9.32 Å². The van der Waals surface area contributed by atoms with Crippen LogP contribution in [0.3, 0.4) is 0 Å². The first-order valence-electron chi connectivity index (χ1n) is 5.37. The fourth-order valence-corrected chi connectivity index (χ4v) is 2.42. The Hall–Kier alpha value is -1.51. The van der Waals surface area contributed by atoms with E-state index in [1.807, 2.05) is 12.1 Å². The van der Waals surface area contributed by atoms with Crippen LogP contribution in [-0.4, -0.2) is 23.8 Å². The number of rotatable bonds is 1. The second kappa shape index (κ2) is 3.26. The van der Waals surface area contributed by atoms with Gasteiger partial charge in [0.1, 0.15) is 0 Å². The van der Waals surface area contributed by atoms with Crippen molar-refractivity contribution in [2.45, 2.75) is 12.8 Å². The van der Waals surface area contributed by atoms with Crippen molar-refractivity contribution in [2.75, 3.05) is 13.1 Å². The molecule has 15 heavy (non-hydrogen) atoms. The summed E-state index contributed by atoms with van der Waals surface area (Å²) in [5.41, 5.74) is 1.85. The average Bonchev–Trinajstić information content (AvgIpc) is 2.77. The van der Waals surface area contributed by atoms with Gasteiger partial charge in [-0.05, 0) is 25.0 Å². The lowest BCUT2D eigenvalue weighted by Crippen LogP contribution is -2.45. The van der Waals surface area contributed by atoms with Gasteiger partial charge >= 0.3 is 0 Å². The first-order chi connectivity index (χ1) is 7.34. The summed E-state index contributed by atoms with van der Waals surface area (Å²) >= 11 is 0. The third-order valence-electron chi connectivity index (χ3n) is 3.31. The number of allylic oxidation sites excluding steroid dienone is 1. The van der Waals surface area contributed by atoms with Crippen LogP contribution in [0.15, 0.2) is 28.7 Å². The normalized spacial score (nSPS) is 24.1. The minimum Gasteiger partial charge on any atom is -0.472 e. The van der Waals surface area contributed by atoms with Crippen LogP contribution < -0.4 is 0 Å². The zero-order chi connectivity index (χ0) is 10.3. The maximum atomic E-state index is 12.0. The SMILES string of the molecule is O=C1/C(=C/c2ccoc2)N2CCC1CC2. The summed E-state index contributed by atoms with van der Waals surface area (Å²) in [6, 6.07) is 1.88. The zero-order valence-corrected chi connectivity index (χ0v) is 8.48. The van der Waals surface area contributed by atoms with Crippen LogP contribution in [-0.2, 0) is 4.79 Å². The number of hydrogen-bond donors (Lipinski definition) is 0. The van der Waals surface area contributed by atoms with Crippen molar-refractivity contribution >= 4 is 11.9 Å². The van der Waals surface area contributed by atoms with E-state index in [2.05, 4.69) is 4.90 Å². The molecule has 3 heteroatoms. The smallest absolute Gasteiger partial charge is 0.182 e. The highest BCUT2D eigenvalue weighted by Crippen LogP contribution is 2.32. The highest BCUT2D eigenvalue weighted by molar-refractivity contribution is 6.01. The molecule has 0 atom stereocenters. The highest BCUT2D eigenvalue weighted by atomic mass is 16.3. The van der Waals surface area contributed by atoms with Crippen LogP contribution in [0.4, 0.5) is 0 Å². The Bertz CT molecular complexity index is 397. The maximum absolute atomic E-state index is 12.0. The van der Waals surface area contributed by atoms with Crippen molar-refractivity contribution in [3.8, 4) is 0 Å². The lowest BCUT2D eigenvalue weighted by molar-refractivity contribution is -0.125. The summed E-state index contributed by atoms with van der Waals surface area (Å²) < 4.78 is 5.00. The number of piperidine rings is 3. The minimum atomic E-state index is 0.271. The van der Waals surface area contributed by atoms with E-state index in [0.717, 1.165) is 37.2 Å². The second-order valence-electron chi connectivity index (χ2n) is 4.21. The van der Waals surface area contributed by atoms with Crippen molar-refractivity contribution in [2.24, 2.45) is 5.92 Å². The van der Waals surface area contributed by atoms with E-state index < -0.39 is 0 Å². The number of ketones is 1. The number of carbonyl (C=O) groups excluding carboxylic acids is 1. The van der Waals surface area contributed by atoms with E-state index in [1.165, 1.54) is 0 Å². The van der Waals surface area contributed by atoms with E-state index in [9.17, 15) is 4.79 Å². The molecule has 3 aliphatic heterocycles. The molecule has 0 aliphatic carbocycles. The van der Waals surface area contributed by atoms with Crippen molar-refractivity contribution in [3.63, 3.8) is 0 Å². The molecule has 4 heterocycles. The number of furan rings is 1. The number of hydrogen-bond acceptors (Lipinski definition) is 3. The molecule has 3 nitrogen and oxygen atoms in total. The Morgan fingerprint density at radius 2 is 2.20 bits per heavy atom. The minimum absolute atomic E-state index is 0.271. The van der Waals surface area contributed by atoms with Crippen LogP contribution in [0.2, 0.25) is 0 Å². The number of fused-ring (bicyclic) bond motifs is 3. The van der Waals surface area contributed by atoms with Crippen LogP contribution in [0, 0.1) is 5.92 Å². The van der Waals surface area contributed by atoms with Crippen LogP contribution >= 0.6 is 0 Å². The Balaban J connectivity index is 1.95. The lowest BCUT2D eigenvalue weighted by Gasteiger charge is -2.41. The van der Waals surface area contributed by atoms with Gasteiger partial charge in [-0.2, -0.15) is 0 Å². The first-order valence-corrected chi connectivity index (χ1v) is 5.37. The van der Waals surface area contributed by atoms with Crippen molar-refractivity contribution in [1.29, 1.82) is 0 Å². The molecule has 0 aromatic carbocycles. The molecule has 4 rings (SSSR count). The van der Waals surface area contributed by atoms with Gasteiger partial charge in [-0.15, -0.1) is 0 Å². The Kier molecular flexibility index (Phi) is 1.91. The molecule has 0 amide bonds. The van der Waals surface area contributed by atoms with Gasteiger partial charge in [-0.3, -0.25) is 4.79 Å². The number of Topliss-reactive ketones (excluding diaryl/α,β-unsaturated/α-hetero) is 1. The quantitative estimate of drug-likeness (QED) is 0.654. The standard InChI is InChI=1S/C12H13NO2/c14-12-10-1-4-13(5-2-10)11(12)7-9-3-6-15-8-9/h3,6-8,10H,1-2,4-5H2/b11-7-. The molecule has 0 N–H and O–H groups in total. The van der Waals surface area contributed by atoms with Gasteiger partial charge in [0.15, 0.2) is 5.78 Å². The molecule has 0 unspecified atom stereocenters. The molecular formula is C12H13NO2. The van der Waals surface area contributed by atoms with Crippen LogP contribution in [0.25, 0.3) is 6.08 Å². The predicted octanol–water partition coefficient (Wildman–Crippen LogP) is 1.92. The fraction of sp³-hybridized carbons (Fsp3) is 0.417. The van der Waals surface area contributed by atoms with Gasteiger partial charge in [0, 0.05) is 24.6 Å². The Morgan fingerprint density at radius 1 is 1.40 bits per heavy atom. The van der Waals surface area contributed by atoms with E-state index in [1.54, 1.807) is 12.5 Å². The molecule has 2 bridgehead atoms. The van der Waals surface area contributed by atoms with E-state index >= 15 is 0 Å². The van der Waals surface area contributed by atoms with Crippen molar-refractivity contribution in [3.05, 3.63) is 29.9 Å². The van der Waals surface area contributed by atoms with Crippen molar-refractivity contribution in [1.82, 2.24) is 4.90 Å². The van der Waals surface area contributed by atoms with E-state index in [0.29, 0.717) is 5.78 Å². The molecule has 78 valence electrons. The maximum Gasteiger partial charge on any atom is 0.182 e. The topological polar surface area (TPSA) is 33.5 Å². The molecule has 3 saturated heterocycles. The Labute approximate surface area is 88.4 Å². The lowest BCUT2D eigenvalue weighted by atomic mass is 9.84. The monoisotopic (exact) mass is 203 g/mol. The van der Waals surface area contributed by atoms with E-state index in [-0.39, 0.29) is 5.92 Å². The molecule has 1 aromatic rings. The zero-order valence-electron chi connectivity index (χ0n) is 8.48. The molecular weight excluding hydrogens is 190 g/mol. The fourth-order valence-electron chi connectivity index (χ4n) is 2.42. The molecule has 1 aromatic heterocycles. The number of carbonyl (C=O) groups is 1. The molecule has 3 aliphatic rings. The van der Waals surface area contributed by atoms with Gasteiger partial charge in [0.25, 0.3) is 0 Å². The van der Waals surface area contributed by atoms with Crippen LogP contribution in [0.5, 0.6) is 0 Å². The molecule has 0 saturated carbocycles. The summed E-state index contributed by atoms with van der Waals surface area (Å²) in [7, 11) is 0. The third-order valence-corrected chi connectivity index (χ3v) is 3.31. The summed E-state index contributed by atoms with van der Waals surface area (Å²) in [4.78, 5) is 14.2. The second-order valence-corrected chi connectivity index (χ2v) is 4.21. The summed E-state index contributed by atoms with van der Waals surface area (Å²) in [6.07, 6.45) is 7.30. The predicted molar refractivity (Wildman–Crippen MR) is 56.0 cm³/mol. The molecule has 0 spiro atoms. The summed E-state index contributed by atoms with van der Waals surface area (Å²) in [5, 5.41) is 0.